The van der Waals surface area contributed by atoms with Crippen LogP contribution in [0.2, 0.25) is 0 Å². The van der Waals surface area contributed by atoms with E-state index in [1.807, 2.05) is 6.33 Å². The molecule has 0 amide bonds. The normalized spacial score (nSPS) is 11.5. The first-order valence-corrected chi connectivity index (χ1v) is 21.7. The number of unbranched alkanes of at least 4 members (excludes halogenated alkanes) is 34. The summed E-state index contributed by atoms with van der Waals surface area (Å²) in [5, 5.41) is 0. The van der Waals surface area contributed by atoms with Gasteiger partial charge in [-0.1, -0.05) is 232 Å². The molecule has 0 aliphatic carbocycles. The van der Waals surface area contributed by atoms with Crippen LogP contribution in [0.3, 0.4) is 0 Å². The molecule has 1 heterocycles. The highest BCUT2D eigenvalue weighted by atomic mass is 14.8. The molecular formula is C44H84N2. The van der Waals surface area contributed by atoms with Crippen LogP contribution < -0.4 is 0 Å². The third-order valence-corrected chi connectivity index (χ3v) is 10.4. The van der Waals surface area contributed by atoms with Gasteiger partial charge in [0.05, 0.1) is 0 Å². The Morgan fingerprint density at radius 3 is 0.696 bits per heavy atom. The maximum absolute atomic E-state index is 4.57. The van der Waals surface area contributed by atoms with Crippen LogP contribution in [0.25, 0.3) is 0 Å². The Hall–Kier alpha value is -0.920. The molecule has 270 valence electrons. The predicted octanol–water partition coefficient (Wildman–Crippen LogP) is 15.6. The molecule has 0 bridgehead atoms. The quantitative estimate of drug-likeness (QED) is 0.0672. The van der Waals surface area contributed by atoms with Crippen molar-refractivity contribution in [2.24, 2.45) is 0 Å². The minimum Gasteiger partial charge on any atom is -0.241 e. The van der Waals surface area contributed by atoms with Gasteiger partial charge in [0.1, 0.15) is 6.33 Å². The van der Waals surface area contributed by atoms with E-state index >= 15 is 0 Å². The van der Waals surface area contributed by atoms with Crippen molar-refractivity contribution in [2.45, 2.75) is 258 Å². The van der Waals surface area contributed by atoms with Gasteiger partial charge >= 0.3 is 0 Å². The first kappa shape index (κ1) is 43.1. The molecule has 0 fully saturated rings. The van der Waals surface area contributed by atoms with Crippen LogP contribution in [0.4, 0.5) is 0 Å². The Balaban J connectivity index is 1.82. The third-order valence-electron chi connectivity index (χ3n) is 10.4. The van der Waals surface area contributed by atoms with Crippen LogP contribution in [-0.2, 0) is 12.8 Å². The number of aryl methyl sites for hydroxylation is 2. The Bertz CT molecular complexity index is 646. The van der Waals surface area contributed by atoms with Crippen molar-refractivity contribution in [3.63, 3.8) is 0 Å². The van der Waals surface area contributed by atoms with Crippen LogP contribution in [-0.4, -0.2) is 9.97 Å². The average Bonchev–Trinajstić information content (AvgIpc) is 3.07. The monoisotopic (exact) mass is 641 g/mol. The fourth-order valence-electron chi connectivity index (χ4n) is 7.13. The van der Waals surface area contributed by atoms with E-state index in [1.54, 1.807) is 0 Å². The molecule has 0 N–H and O–H groups in total. The lowest BCUT2D eigenvalue weighted by molar-refractivity contribution is 0.524. The van der Waals surface area contributed by atoms with E-state index in [0.29, 0.717) is 0 Å². The minimum atomic E-state index is 1.13. The van der Waals surface area contributed by atoms with E-state index in [4.69, 9.17) is 0 Å². The Morgan fingerprint density at radius 1 is 0.283 bits per heavy atom. The van der Waals surface area contributed by atoms with Crippen molar-refractivity contribution in [1.29, 1.82) is 0 Å². The van der Waals surface area contributed by atoms with Gasteiger partial charge in [0.15, 0.2) is 0 Å². The van der Waals surface area contributed by atoms with E-state index < -0.39 is 0 Å². The standard InChI is InChI=1S/C44H84N2/c1-3-5-7-9-11-13-15-17-19-21-23-25-27-29-31-33-35-37-39-43-41-44(46-42-45-43)40-38-36-34-32-30-28-26-24-22-20-18-16-14-12-10-8-6-4-2/h41-42H,3-40H2,1-2H3. The van der Waals surface area contributed by atoms with Crippen molar-refractivity contribution in [3.05, 3.63) is 23.8 Å². The lowest BCUT2D eigenvalue weighted by Gasteiger charge is -2.06. The first-order chi connectivity index (χ1) is 22.9. The molecule has 2 heteroatoms. The summed E-state index contributed by atoms with van der Waals surface area (Å²) in [6.07, 6.45) is 55.8. The Morgan fingerprint density at radius 2 is 0.478 bits per heavy atom. The van der Waals surface area contributed by atoms with Crippen LogP contribution in [0.1, 0.15) is 256 Å². The summed E-state index contributed by atoms with van der Waals surface area (Å²) in [7, 11) is 0. The SMILES string of the molecule is CCCCCCCCCCCCCCCCCCCCc1cc(CCCCCCCCCCCCCCCCCCCC)ncn1. The van der Waals surface area contributed by atoms with Crippen molar-refractivity contribution in [3.8, 4) is 0 Å². The number of hydrogen-bond donors (Lipinski definition) is 0. The molecule has 0 radical (unpaired) electrons. The molecule has 0 aromatic carbocycles. The van der Waals surface area contributed by atoms with Crippen molar-refractivity contribution in [1.82, 2.24) is 9.97 Å². The largest absolute Gasteiger partial charge is 0.241 e. The molecular weight excluding hydrogens is 556 g/mol. The zero-order chi connectivity index (χ0) is 32.9. The number of aromatic nitrogens is 2. The highest BCUT2D eigenvalue weighted by Crippen LogP contribution is 2.17. The summed E-state index contributed by atoms with van der Waals surface area (Å²) in [6.45, 7) is 4.61. The van der Waals surface area contributed by atoms with Gasteiger partial charge in [-0.2, -0.15) is 0 Å². The smallest absolute Gasteiger partial charge is 0.115 e. The fraction of sp³-hybridized carbons (Fsp3) is 0.909. The number of nitrogens with zero attached hydrogens (tertiary/aromatic N) is 2. The summed E-state index contributed by atoms with van der Waals surface area (Å²) < 4.78 is 0. The molecule has 0 aliphatic heterocycles. The molecule has 0 atom stereocenters. The summed E-state index contributed by atoms with van der Waals surface area (Å²) >= 11 is 0. The lowest BCUT2D eigenvalue weighted by atomic mass is 10.0. The molecule has 0 unspecified atom stereocenters. The second kappa shape index (κ2) is 36.9. The predicted molar refractivity (Wildman–Crippen MR) is 207 cm³/mol. The Labute approximate surface area is 290 Å². The van der Waals surface area contributed by atoms with Crippen molar-refractivity contribution < 1.29 is 0 Å². The average molecular weight is 641 g/mol. The van der Waals surface area contributed by atoms with E-state index in [0.717, 1.165) is 12.8 Å². The molecule has 0 saturated heterocycles. The maximum atomic E-state index is 4.57. The molecule has 0 spiro atoms. The van der Waals surface area contributed by atoms with Crippen LogP contribution in [0, 0.1) is 0 Å². The van der Waals surface area contributed by atoms with Crippen LogP contribution >= 0.6 is 0 Å². The molecule has 1 aromatic rings. The summed E-state index contributed by atoms with van der Waals surface area (Å²) in [6, 6.07) is 2.29. The zero-order valence-electron chi connectivity index (χ0n) is 31.9. The van der Waals surface area contributed by atoms with Gasteiger partial charge in [-0.05, 0) is 31.7 Å². The van der Waals surface area contributed by atoms with E-state index in [2.05, 4.69) is 29.9 Å². The topological polar surface area (TPSA) is 25.8 Å². The highest BCUT2D eigenvalue weighted by Gasteiger charge is 2.02. The maximum Gasteiger partial charge on any atom is 0.115 e. The summed E-state index contributed by atoms with van der Waals surface area (Å²) in [5.41, 5.74) is 2.54. The highest BCUT2D eigenvalue weighted by molar-refractivity contribution is 5.08. The second-order valence-corrected chi connectivity index (χ2v) is 15.0. The number of rotatable bonds is 38. The van der Waals surface area contributed by atoms with E-state index in [9.17, 15) is 0 Å². The molecule has 0 saturated carbocycles. The number of hydrogen-bond acceptors (Lipinski definition) is 2. The Kier molecular flexibility index (Phi) is 34.6. The fourth-order valence-corrected chi connectivity index (χ4v) is 7.13. The molecule has 2 nitrogen and oxygen atoms in total. The van der Waals surface area contributed by atoms with E-state index in [-0.39, 0.29) is 0 Å². The zero-order valence-corrected chi connectivity index (χ0v) is 31.9. The van der Waals surface area contributed by atoms with Crippen LogP contribution in [0.15, 0.2) is 12.4 Å². The summed E-state index contributed by atoms with van der Waals surface area (Å²) in [4.78, 5) is 9.14. The second-order valence-electron chi connectivity index (χ2n) is 15.0. The van der Waals surface area contributed by atoms with Crippen molar-refractivity contribution >= 4 is 0 Å². The van der Waals surface area contributed by atoms with Gasteiger partial charge in [0.2, 0.25) is 0 Å². The van der Waals surface area contributed by atoms with Gasteiger partial charge in [-0.3, -0.25) is 0 Å². The van der Waals surface area contributed by atoms with Gasteiger partial charge in [0, 0.05) is 11.4 Å². The van der Waals surface area contributed by atoms with E-state index in [1.165, 1.54) is 243 Å². The third kappa shape index (κ3) is 31.7. The van der Waals surface area contributed by atoms with Gasteiger partial charge in [-0.25, -0.2) is 9.97 Å². The van der Waals surface area contributed by atoms with Gasteiger partial charge in [-0.15, -0.1) is 0 Å². The van der Waals surface area contributed by atoms with Gasteiger partial charge < -0.3 is 0 Å². The first-order valence-electron chi connectivity index (χ1n) is 21.7. The lowest BCUT2D eigenvalue weighted by Crippen LogP contribution is -1.97. The summed E-state index contributed by atoms with van der Waals surface area (Å²) in [5.74, 6) is 0. The molecule has 0 aliphatic rings. The minimum absolute atomic E-state index is 1.13. The molecule has 46 heavy (non-hydrogen) atoms. The molecule has 1 rings (SSSR count). The van der Waals surface area contributed by atoms with Crippen LogP contribution in [0.5, 0.6) is 0 Å². The molecule has 1 aromatic heterocycles. The van der Waals surface area contributed by atoms with Crippen molar-refractivity contribution in [2.75, 3.05) is 0 Å². The van der Waals surface area contributed by atoms with Gasteiger partial charge in [0.25, 0.3) is 0 Å².